The number of hydrogen-bond acceptors (Lipinski definition) is 5. The number of nitrogens with zero attached hydrogens (tertiary/aromatic N) is 6. The molecule has 2 heterocycles. The molecule has 19 heavy (non-hydrogen) atoms. The van der Waals surface area contributed by atoms with Crippen LogP contribution in [0.5, 0.6) is 0 Å². The molecule has 2 aromatic heterocycles. The second-order valence-corrected chi connectivity index (χ2v) is 4.45. The molecule has 8 heteroatoms. The van der Waals surface area contributed by atoms with E-state index < -0.39 is 5.97 Å². The average Bonchev–Trinajstić information content (AvgIpc) is 2.96. The molecule has 0 aromatic carbocycles. The van der Waals surface area contributed by atoms with Crippen molar-refractivity contribution in [3.8, 4) is 11.5 Å². The van der Waals surface area contributed by atoms with Crippen molar-refractivity contribution in [1.29, 1.82) is 0 Å². The molecule has 0 saturated heterocycles. The Kier molecular flexibility index (Phi) is 3.88. The van der Waals surface area contributed by atoms with Gasteiger partial charge in [0, 0.05) is 20.0 Å². The van der Waals surface area contributed by atoms with Gasteiger partial charge < -0.3 is 9.67 Å². The zero-order valence-corrected chi connectivity index (χ0v) is 10.9. The molecule has 1 atom stereocenters. The number of carbonyl (C=O) groups is 1. The SMILES string of the molecule is CCC(CC(=O)O)Cn1nnnc1-c1cncn1C. The third-order valence-electron chi connectivity index (χ3n) is 3.05. The first-order valence-corrected chi connectivity index (χ1v) is 6.06. The van der Waals surface area contributed by atoms with Gasteiger partial charge in [-0.05, 0) is 16.3 Å². The second-order valence-electron chi connectivity index (χ2n) is 4.45. The third-order valence-corrected chi connectivity index (χ3v) is 3.05. The minimum atomic E-state index is -0.804. The van der Waals surface area contributed by atoms with Crippen LogP contribution in [0.15, 0.2) is 12.5 Å². The van der Waals surface area contributed by atoms with Crippen LogP contribution in [-0.4, -0.2) is 40.8 Å². The fourth-order valence-corrected chi connectivity index (χ4v) is 1.91. The third kappa shape index (κ3) is 2.95. The summed E-state index contributed by atoms with van der Waals surface area (Å²) < 4.78 is 3.45. The number of hydrogen-bond donors (Lipinski definition) is 1. The molecule has 0 saturated carbocycles. The number of aliphatic carboxylic acids is 1. The topological polar surface area (TPSA) is 98.7 Å². The Balaban J connectivity index is 2.20. The Morgan fingerprint density at radius 1 is 1.53 bits per heavy atom. The molecule has 0 aliphatic carbocycles. The predicted molar refractivity (Wildman–Crippen MR) is 66.1 cm³/mol. The molecule has 0 amide bonds. The Bertz CT molecular complexity index is 561. The highest BCUT2D eigenvalue weighted by Gasteiger charge is 2.17. The van der Waals surface area contributed by atoms with Crippen LogP contribution in [0.3, 0.4) is 0 Å². The van der Waals surface area contributed by atoms with Crippen molar-refractivity contribution in [3.05, 3.63) is 12.5 Å². The van der Waals surface area contributed by atoms with Crippen LogP contribution in [0.2, 0.25) is 0 Å². The maximum absolute atomic E-state index is 10.8. The van der Waals surface area contributed by atoms with Crippen molar-refractivity contribution >= 4 is 5.97 Å². The highest BCUT2D eigenvalue weighted by molar-refractivity contribution is 5.67. The van der Waals surface area contributed by atoms with Crippen LogP contribution in [0.1, 0.15) is 19.8 Å². The number of tetrazole rings is 1. The molecule has 1 unspecified atom stereocenters. The molecule has 8 nitrogen and oxygen atoms in total. The predicted octanol–water partition coefficient (Wildman–Crippen LogP) is 0.574. The lowest BCUT2D eigenvalue weighted by molar-refractivity contribution is -0.138. The molecule has 0 aliphatic heterocycles. The van der Waals surface area contributed by atoms with Gasteiger partial charge in [0.05, 0.1) is 12.5 Å². The first-order chi connectivity index (χ1) is 9.11. The van der Waals surface area contributed by atoms with E-state index >= 15 is 0 Å². The number of carboxylic acids is 1. The number of imidazole rings is 1. The van der Waals surface area contributed by atoms with Crippen LogP contribution in [0.4, 0.5) is 0 Å². The molecule has 2 aromatic rings. The van der Waals surface area contributed by atoms with E-state index in [9.17, 15) is 4.79 Å². The minimum Gasteiger partial charge on any atom is -0.481 e. The van der Waals surface area contributed by atoms with Crippen LogP contribution >= 0.6 is 0 Å². The van der Waals surface area contributed by atoms with Crippen LogP contribution < -0.4 is 0 Å². The van der Waals surface area contributed by atoms with Crippen LogP contribution in [0, 0.1) is 5.92 Å². The molecule has 0 bridgehead atoms. The average molecular weight is 264 g/mol. The lowest BCUT2D eigenvalue weighted by Crippen LogP contribution is -2.16. The smallest absolute Gasteiger partial charge is 0.303 e. The van der Waals surface area contributed by atoms with E-state index in [1.54, 1.807) is 17.2 Å². The van der Waals surface area contributed by atoms with Gasteiger partial charge in [0.25, 0.3) is 0 Å². The Hall–Kier alpha value is -2.25. The molecule has 102 valence electrons. The van der Waals surface area contributed by atoms with Crippen LogP contribution in [-0.2, 0) is 18.4 Å². The molecule has 1 N–H and O–H groups in total. The van der Waals surface area contributed by atoms with Crippen molar-refractivity contribution in [2.75, 3.05) is 0 Å². The van der Waals surface area contributed by atoms with E-state index in [1.807, 2.05) is 18.5 Å². The maximum atomic E-state index is 10.8. The van der Waals surface area contributed by atoms with Crippen molar-refractivity contribution < 1.29 is 9.90 Å². The Morgan fingerprint density at radius 2 is 2.32 bits per heavy atom. The van der Waals surface area contributed by atoms with Gasteiger partial charge in [-0.25, -0.2) is 9.67 Å². The Morgan fingerprint density at radius 3 is 2.89 bits per heavy atom. The van der Waals surface area contributed by atoms with E-state index in [0.717, 1.165) is 12.1 Å². The van der Waals surface area contributed by atoms with E-state index in [0.29, 0.717) is 12.4 Å². The van der Waals surface area contributed by atoms with Gasteiger partial charge in [0.2, 0.25) is 0 Å². The molecule has 0 aliphatic rings. The largest absolute Gasteiger partial charge is 0.481 e. The lowest BCUT2D eigenvalue weighted by Gasteiger charge is -2.13. The molecular weight excluding hydrogens is 248 g/mol. The fraction of sp³-hybridized carbons (Fsp3) is 0.545. The number of aryl methyl sites for hydroxylation is 1. The summed E-state index contributed by atoms with van der Waals surface area (Å²) in [5, 5.41) is 20.4. The van der Waals surface area contributed by atoms with Crippen molar-refractivity contribution in [2.24, 2.45) is 13.0 Å². The summed E-state index contributed by atoms with van der Waals surface area (Å²) in [6.07, 6.45) is 4.22. The van der Waals surface area contributed by atoms with E-state index in [-0.39, 0.29) is 12.3 Å². The summed E-state index contributed by atoms with van der Waals surface area (Å²) in [6, 6.07) is 0. The van der Waals surface area contributed by atoms with Gasteiger partial charge >= 0.3 is 5.97 Å². The number of carboxylic acid groups (broad SMARTS) is 1. The Labute approximate surface area is 110 Å². The highest BCUT2D eigenvalue weighted by Crippen LogP contribution is 2.17. The highest BCUT2D eigenvalue weighted by atomic mass is 16.4. The number of rotatable bonds is 6. The van der Waals surface area contributed by atoms with Gasteiger partial charge in [-0.15, -0.1) is 5.10 Å². The maximum Gasteiger partial charge on any atom is 0.303 e. The van der Waals surface area contributed by atoms with E-state index in [2.05, 4.69) is 20.5 Å². The van der Waals surface area contributed by atoms with Crippen LogP contribution in [0.25, 0.3) is 11.5 Å². The molecule has 0 radical (unpaired) electrons. The van der Waals surface area contributed by atoms with Crippen molar-refractivity contribution in [1.82, 2.24) is 29.8 Å². The summed E-state index contributed by atoms with van der Waals surface area (Å²) in [5.41, 5.74) is 0.801. The van der Waals surface area contributed by atoms with E-state index in [4.69, 9.17) is 5.11 Å². The monoisotopic (exact) mass is 264 g/mol. The molecular formula is C11H16N6O2. The second kappa shape index (κ2) is 5.59. The first kappa shape index (κ1) is 13.2. The van der Waals surface area contributed by atoms with Crippen molar-refractivity contribution in [3.63, 3.8) is 0 Å². The lowest BCUT2D eigenvalue weighted by atomic mass is 10.0. The normalized spacial score (nSPS) is 12.5. The van der Waals surface area contributed by atoms with Gasteiger partial charge in [-0.2, -0.15) is 0 Å². The van der Waals surface area contributed by atoms with Gasteiger partial charge in [-0.3, -0.25) is 4.79 Å². The molecule has 2 rings (SSSR count). The zero-order valence-electron chi connectivity index (χ0n) is 10.9. The van der Waals surface area contributed by atoms with Gasteiger partial charge in [-0.1, -0.05) is 13.3 Å². The van der Waals surface area contributed by atoms with Crippen molar-refractivity contribution in [2.45, 2.75) is 26.3 Å². The van der Waals surface area contributed by atoms with Gasteiger partial charge in [0.15, 0.2) is 5.82 Å². The summed E-state index contributed by atoms with van der Waals surface area (Å²) >= 11 is 0. The zero-order chi connectivity index (χ0) is 13.8. The molecule has 0 spiro atoms. The summed E-state index contributed by atoms with van der Waals surface area (Å²) in [6.45, 7) is 2.44. The standard InChI is InChI=1S/C11H16N6O2/c1-3-8(4-10(18)19)6-17-11(13-14-15-17)9-5-12-7-16(9)2/h5,7-8H,3-4,6H2,1-2H3,(H,18,19). The minimum absolute atomic E-state index is 0.00739. The summed E-state index contributed by atoms with van der Waals surface area (Å²) in [5.74, 6) is -0.196. The first-order valence-electron chi connectivity index (χ1n) is 6.06. The quantitative estimate of drug-likeness (QED) is 0.819. The fourth-order valence-electron chi connectivity index (χ4n) is 1.91. The number of aromatic nitrogens is 6. The summed E-state index contributed by atoms with van der Waals surface area (Å²) in [4.78, 5) is 14.8. The molecule has 0 fully saturated rings. The van der Waals surface area contributed by atoms with Gasteiger partial charge in [0.1, 0.15) is 5.69 Å². The van der Waals surface area contributed by atoms with E-state index in [1.165, 1.54) is 0 Å². The summed E-state index contributed by atoms with van der Waals surface area (Å²) in [7, 11) is 1.86.